The van der Waals surface area contributed by atoms with Gasteiger partial charge in [0.2, 0.25) is 5.76 Å². The van der Waals surface area contributed by atoms with Gasteiger partial charge in [-0.25, -0.2) is 4.79 Å². The molecule has 2 rings (SSSR count). The first kappa shape index (κ1) is 14.3. The van der Waals surface area contributed by atoms with Crippen molar-refractivity contribution in [2.75, 3.05) is 7.11 Å². The maximum atomic E-state index is 11.3. The third-order valence-corrected chi connectivity index (χ3v) is 3.83. The summed E-state index contributed by atoms with van der Waals surface area (Å²) in [6.45, 7) is 0. The molecule has 0 saturated heterocycles. The van der Waals surface area contributed by atoms with E-state index in [1.54, 1.807) is 12.1 Å². The molecule has 1 aromatic heterocycles. The van der Waals surface area contributed by atoms with Gasteiger partial charge in [0, 0.05) is 8.95 Å². The highest BCUT2D eigenvalue weighted by Gasteiger charge is 2.19. The highest BCUT2D eigenvalue weighted by molar-refractivity contribution is 9.11. The molecule has 0 fully saturated rings. The Kier molecular flexibility index (Phi) is 4.44. The Labute approximate surface area is 127 Å². The summed E-state index contributed by atoms with van der Waals surface area (Å²) in [5.41, 5.74) is 7.01. The van der Waals surface area contributed by atoms with Gasteiger partial charge in [-0.05, 0) is 35.9 Å². The lowest BCUT2D eigenvalue weighted by Crippen LogP contribution is -2.11. The number of ether oxygens (including phenoxy) is 1. The third-order valence-electron chi connectivity index (χ3n) is 2.61. The van der Waals surface area contributed by atoms with Gasteiger partial charge in [-0.2, -0.15) is 0 Å². The first-order chi connectivity index (χ1) is 9.02. The molecule has 0 spiro atoms. The molecule has 0 saturated carbocycles. The Bertz CT molecular complexity index is 610. The predicted octanol–water partition coefficient (Wildman–Crippen LogP) is 3.64. The molecular weight excluding hydrogens is 378 g/mol. The summed E-state index contributed by atoms with van der Waals surface area (Å²) in [5.74, 6) is 0.116. The quantitative estimate of drug-likeness (QED) is 0.815. The molecule has 2 aromatic rings. The Hall–Kier alpha value is -1.11. The summed E-state index contributed by atoms with van der Waals surface area (Å²) in [6.07, 6.45) is 0. The molecule has 0 aliphatic carbocycles. The lowest BCUT2D eigenvalue weighted by atomic mass is 10.1. The number of nitrogens with two attached hydrogens (primary N) is 1. The molecule has 1 atom stereocenters. The summed E-state index contributed by atoms with van der Waals surface area (Å²) in [5, 5.41) is 0. The van der Waals surface area contributed by atoms with Crippen molar-refractivity contribution in [3.8, 4) is 0 Å². The second-order valence-corrected chi connectivity index (χ2v) is 5.61. The van der Waals surface area contributed by atoms with Crippen LogP contribution in [0, 0.1) is 0 Å². The monoisotopic (exact) mass is 387 g/mol. The zero-order chi connectivity index (χ0) is 14.0. The van der Waals surface area contributed by atoms with Crippen molar-refractivity contribution >= 4 is 37.8 Å². The summed E-state index contributed by atoms with van der Waals surface area (Å²) < 4.78 is 11.8. The van der Waals surface area contributed by atoms with Gasteiger partial charge in [-0.15, -0.1) is 0 Å². The fourth-order valence-corrected chi connectivity index (χ4v) is 2.51. The number of methoxy groups -OCH3 is 1. The van der Waals surface area contributed by atoms with Crippen molar-refractivity contribution in [3.05, 3.63) is 56.4 Å². The molecule has 4 nitrogen and oxygen atoms in total. The predicted molar refractivity (Wildman–Crippen MR) is 77.9 cm³/mol. The van der Waals surface area contributed by atoms with Gasteiger partial charge in [0.1, 0.15) is 5.76 Å². The van der Waals surface area contributed by atoms with E-state index in [1.165, 1.54) is 7.11 Å². The summed E-state index contributed by atoms with van der Waals surface area (Å²) in [6, 6.07) is 8.45. The van der Waals surface area contributed by atoms with Gasteiger partial charge in [0.15, 0.2) is 0 Å². The molecule has 0 aliphatic rings. The van der Waals surface area contributed by atoms with Crippen LogP contribution < -0.4 is 5.73 Å². The summed E-state index contributed by atoms with van der Waals surface area (Å²) in [4.78, 5) is 11.3. The fourth-order valence-electron chi connectivity index (χ4n) is 1.64. The van der Waals surface area contributed by atoms with Crippen LogP contribution in [0.2, 0.25) is 0 Å². The minimum Gasteiger partial charge on any atom is -0.463 e. The molecule has 0 radical (unpaired) electrons. The molecule has 0 aliphatic heterocycles. The van der Waals surface area contributed by atoms with Crippen LogP contribution in [0.3, 0.4) is 0 Å². The van der Waals surface area contributed by atoms with Gasteiger partial charge in [0.05, 0.1) is 13.2 Å². The zero-order valence-electron chi connectivity index (χ0n) is 10.0. The maximum Gasteiger partial charge on any atom is 0.373 e. The van der Waals surface area contributed by atoms with E-state index >= 15 is 0 Å². The van der Waals surface area contributed by atoms with E-state index in [-0.39, 0.29) is 5.76 Å². The average Bonchev–Trinajstić information content (AvgIpc) is 2.89. The summed E-state index contributed by atoms with van der Waals surface area (Å²) in [7, 11) is 1.30. The van der Waals surface area contributed by atoms with E-state index in [4.69, 9.17) is 10.2 Å². The Morgan fingerprint density at radius 3 is 2.74 bits per heavy atom. The molecular formula is C13H11Br2NO3. The zero-order valence-corrected chi connectivity index (χ0v) is 13.2. The number of rotatable bonds is 3. The van der Waals surface area contributed by atoms with E-state index in [9.17, 15) is 4.79 Å². The maximum absolute atomic E-state index is 11.3. The first-order valence-corrected chi connectivity index (χ1v) is 7.00. The van der Waals surface area contributed by atoms with Gasteiger partial charge < -0.3 is 14.9 Å². The van der Waals surface area contributed by atoms with Crippen LogP contribution in [0.4, 0.5) is 0 Å². The lowest BCUT2D eigenvalue weighted by molar-refractivity contribution is 0.0562. The highest BCUT2D eigenvalue weighted by atomic mass is 79.9. The number of halogens is 2. The van der Waals surface area contributed by atoms with E-state index in [0.29, 0.717) is 5.76 Å². The van der Waals surface area contributed by atoms with Gasteiger partial charge in [-0.1, -0.05) is 31.9 Å². The molecule has 0 bridgehead atoms. The number of hydrogen-bond donors (Lipinski definition) is 1. The van der Waals surface area contributed by atoms with E-state index < -0.39 is 12.0 Å². The number of benzene rings is 1. The van der Waals surface area contributed by atoms with Crippen LogP contribution in [0.5, 0.6) is 0 Å². The minimum absolute atomic E-state index is 0.138. The van der Waals surface area contributed by atoms with Crippen LogP contribution >= 0.6 is 31.9 Å². The second-order valence-electron chi connectivity index (χ2n) is 3.84. The largest absolute Gasteiger partial charge is 0.463 e. The van der Waals surface area contributed by atoms with E-state index in [2.05, 4.69) is 36.6 Å². The number of esters is 1. The minimum atomic E-state index is -0.522. The normalized spacial score (nSPS) is 12.2. The lowest BCUT2D eigenvalue weighted by Gasteiger charge is -2.11. The molecule has 19 heavy (non-hydrogen) atoms. The van der Waals surface area contributed by atoms with Gasteiger partial charge in [0.25, 0.3) is 0 Å². The van der Waals surface area contributed by atoms with Crippen molar-refractivity contribution in [2.45, 2.75) is 6.04 Å². The van der Waals surface area contributed by atoms with Crippen LogP contribution in [0.25, 0.3) is 0 Å². The van der Waals surface area contributed by atoms with Crippen LogP contribution in [-0.4, -0.2) is 13.1 Å². The molecule has 6 heteroatoms. The van der Waals surface area contributed by atoms with Crippen LogP contribution in [0.1, 0.15) is 27.9 Å². The topological polar surface area (TPSA) is 65.5 Å². The average molecular weight is 389 g/mol. The molecule has 2 N–H and O–H groups in total. The smallest absolute Gasteiger partial charge is 0.373 e. The fraction of sp³-hybridized carbons (Fsp3) is 0.154. The standard InChI is InChI=1S/C13H11Br2NO3/c1-18-13(17)11-5-4-10(19-11)12(16)8-6-7(14)2-3-9(8)15/h2-6,12H,16H2,1H3. The number of carbonyl (C=O) groups is 1. The first-order valence-electron chi connectivity index (χ1n) is 5.41. The molecule has 1 aromatic carbocycles. The van der Waals surface area contributed by atoms with E-state index in [0.717, 1.165) is 14.5 Å². The number of hydrogen-bond acceptors (Lipinski definition) is 4. The Morgan fingerprint density at radius 2 is 2.05 bits per heavy atom. The van der Waals surface area contributed by atoms with Crippen molar-refractivity contribution in [1.29, 1.82) is 0 Å². The molecule has 0 amide bonds. The second kappa shape index (κ2) is 5.90. The number of carbonyl (C=O) groups excluding carboxylic acids is 1. The van der Waals surface area contributed by atoms with E-state index in [1.807, 2.05) is 18.2 Å². The summed E-state index contributed by atoms with van der Waals surface area (Å²) >= 11 is 6.84. The number of furan rings is 1. The van der Waals surface area contributed by atoms with Gasteiger partial charge >= 0.3 is 5.97 Å². The third kappa shape index (κ3) is 3.08. The van der Waals surface area contributed by atoms with Crippen molar-refractivity contribution in [3.63, 3.8) is 0 Å². The van der Waals surface area contributed by atoms with Crippen LogP contribution in [0.15, 0.2) is 43.7 Å². The molecule has 100 valence electrons. The van der Waals surface area contributed by atoms with Crippen molar-refractivity contribution < 1.29 is 13.9 Å². The molecule has 1 heterocycles. The Morgan fingerprint density at radius 1 is 1.32 bits per heavy atom. The Balaban J connectivity index is 2.33. The SMILES string of the molecule is COC(=O)c1ccc(C(N)c2cc(Br)ccc2Br)o1. The van der Waals surface area contributed by atoms with Gasteiger partial charge in [-0.3, -0.25) is 0 Å². The van der Waals surface area contributed by atoms with Crippen molar-refractivity contribution in [2.24, 2.45) is 5.73 Å². The highest BCUT2D eigenvalue weighted by Crippen LogP contribution is 2.30. The molecule has 1 unspecified atom stereocenters. The van der Waals surface area contributed by atoms with Crippen LogP contribution in [-0.2, 0) is 4.74 Å². The van der Waals surface area contributed by atoms with Crippen molar-refractivity contribution in [1.82, 2.24) is 0 Å².